The molecule has 2 atom stereocenters. The zero-order valence-electron chi connectivity index (χ0n) is 31.9. The number of carbonyl (C=O) groups excluding carboxylic acids is 1. The van der Waals surface area contributed by atoms with Crippen LogP contribution >= 0.6 is 0 Å². The molecule has 5 rings (SSSR count). The fourth-order valence-electron chi connectivity index (χ4n) is 5.60. The Morgan fingerprint density at radius 1 is 0.640 bits per heavy atom. The molecule has 2 unspecified atom stereocenters. The molecule has 0 aliphatic carbocycles. The number of benzene rings is 4. The first-order chi connectivity index (χ1) is 22.9. The van der Waals surface area contributed by atoms with Crippen molar-refractivity contribution in [1.29, 1.82) is 0 Å². The molecule has 0 spiro atoms. The van der Waals surface area contributed by atoms with E-state index in [0.29, 0.717) is 11.3 Å². The molecule has 4 aromatic rings. The summed E-state index contributed by atoms with van der Waals surface area (Å²) < 4.78 is 5.76. The molecule has 6 nitrogen and oxygen atoms in total. The number of aliphatic carboxylic acids is 1. The van der Waals surface area contributed by atoms with Crippen molar-refractivity contribution < 1.29 is 29.6 Å². The van der Waals surface area contributed by atoms with Crippen LogP contribution in [0.25, 0.3) is 0 Å². The predicted octanol–water partition coefficient (Wildman–Crippen LogP) is 10.1. The number of carboxylic acids is 1. The van der Waals surface area contributed by atoms with E-state index in [0.717, 1.165) is 28.0 Å². The molecule has 50 heavy (non-hydrogen) atoms. The first-order valence-electron chi connectivity index (χ1n) is 17.2. The second kappa shape index (κ2) is 15.2. The summed E-state index contributed by atoms with van der Waals surface area (Å²) in [5, 5.41) is 27.2. The molecule has 3 N–H and O–H groups in total. The van der Waals surface area contributed by atoms with E-state index in [1.54, 1.807) is 36.4 Å². The number of hydrogen-bond acceptors (Lipinski definition) is 5. The first kappa shape index (κ1) is 40.0. The first-order valence-corrected chi connectivity index (χ1v) is 17.2. The van der Waals surface area contributed by atoms with Gasteiger partial charge in [-0.3, -0.25) is 4.79 Å². The standard InChI is InChI=1S/C22H26O2.C14H22O.C8H8O3/c1-21(2,3)15-12-16-18(14-10-8-7-9-11-14)20(23)24-19(16)17(13-15)22(4,5)6;1-13(2,3)10-7-8-12(15)11(9-10)14(4,5)6;9-7(8(10)11)6-4-2-1-3-5-6/h7-13,18H,1-6H3;7-9,15H,1-6H3;1-5,7,9H,(H,10,11). The number of esters is 1. The lowest BCUT2D eigenvalue weighted by atomic mass is 9.77. The van der Waals surface area contributed by atoms with Crippen LogP contribution in [-0.4, -0.2) is 27.3 Å². The Bertz CT molecular complexity index is 1760. The highest BCUT2D eigenvalue weighted by Gasteiger charge is 2.39. The molecular weight excluding hydrogens is 624 g/mol. The molecule has 0 saturated carbocycles. The van der Waals surface area contributed by atoms with Gasteiger partial charge in [0.05, 0.1) is 0 Å². The molecule has 6 heteroatoms. The van der Waals surface area contributed by atoms with Crippen molar-refractivity contribution in [1.82, 2.24) is 0 Å². The molecule has 0 fully saturated rings. The molecule has 268 valence electrons. The van der Waals surface area contributed by atoms with Gasteiger partial charge in [0.25, 0.3) is 0 Å². The van der Waals surface area contributed by atoms with Gasteiger partial charge in [0.15, 0.2) is 6.10 Å². The van der Waals surface area contributed by atoms with Gasteiger partial charge in [0.2, 0.25) is 0 Å². The van der Waals surface area contributed by atoms with Gasteiger partial charge in [-0.25, -0.2) is 4.79 Å². The van der Waals surface area contributed by atoms with Gasteiger partial charge in [-0.05, 0) is 55.5 Å². The van der Waals surface area contributed by atoms with Crippen molar-refractivity contribution in [2.24, 2.45) is 0 Å². The van der Waals surface area contributed by atoms with Crippen LogP contribution in [0.1, 0.15) is 134 Å². The Morgan fingerprint density at radius 3 is 1.58 bits per heavy atom. The fraction of sp³-hybridized carbons (Fsp3) is 0.409. The Kier molecular flexibility index (Phi) is 12.2. The van der Waals surface area contributed by atoms with Crippen LogP contribution in [0.3, 0.4) is 0 Å². The molecular formula is C44H56O6. The topological polar surface area (TPSA) is 104 Å². The molecule has 1 aliphatic rings. The van der Waals surface area contributed by atoms with Gasteiger partial charge >= 0.3 is 11.9 Å². The third-order valence-electron chi connectivity index (χ3n) is 8.69. The number of carbonyl (C=O) groups is 2. The minimum Gasteiger partial charge on any atom is -0.508 e. The van der Waals surface area contributed by atoms with E-state index in [1.165, 1.54) is 11.1 Å². The summed E-state index contributed by atoms with van der Waals surface area (Å²) in [4.78, 5) is 22.9. The third kappa shape index (κ3) is 10.1. The van der Waals surface area contributed by atoms with Gasteiger partial charge in [-0.15, -0.1) is 0 Å². The van der Waals surface area contributed by atoms with E-state index in [1.807, 2.05) is 36.4 Å². The number of phenols is 1. The maximum atomic E-state index is 12.6. The highest BCUT2D eigenvalue weighted by atomic mass is 16.5. The van der Waals surface area contributed by atoms with Gasteiger partial charge in [0.1, 0.15) is 17.4 Å². The zero-order chi connectivity index (χ0) is 37.8. The maximum Gasteiger partial charge on any atom is 0.337 e. The van der Waals surface area contributed by atoms with E-state index in [-0.39, 0.29) is 33.5 Å². The lowest BCUT2D eigenvalue weighted by Gasteiger charge is -2.27. The fourth-order valence-corrected chi connectivity index (χ4v) is 5.60. The maximum absolute atomic E-state index is 12.6. The van der Waals surface area contributed by atoms with Crippen LogP contribution in [0, 0.1) is 0 Å². The Hall–Kier alpha value is -4.42. The van der Waals surface area contributed by atoms with Crippen LogP contribution in [0.2, 0.25) is 0 Å². The number of ether oxygens (including phenoxy) is 1. The van der Waals surface area contributed by atoms with Crippen LogP contribution < -0.4 is 4.74 Å². The molecule has 0 saturated heterocycles. The molecule has 4 aromatic carbocycles. The van der Waals surface area contributed by atoms with Gasteiger partial charge in [-0.2, -0.15) is 0 Å². The lowest BCUT2D eigenvalue weighted by molar-refractivity contribution is -0.147. The van der Waals surface area contributed by atoms with E-state index in [4.69, 9.17) is 14.9 Å². The average Bonchev–Trinajstić information content (AvgIpc) is 3.35. The molecule has 0 amide bonds. The minimum absolute atomic E-state index is 0.00859. The van der Waals surface area contributed by atoms with Gasteiger partial charge in [-0.1, -0.05) is 168 Å². The molecule has 1 heterocycles. The van der Waals surface area contributed by atoms with Crippen molar-refractivity contribution in [3.63, 3.8) is 0 Å². The number of hydrogen-bond donors (Lipinski definition) is 3. The summed E-state index contributed by atoms with van der Waals surface area (Å²) in [6.45, 7) is 26.0. The normalized spacial score (nSPS) is 15.1. The van der Waals surface area contributed by atoms with E-state index >= 15 is 0 Å². The van der Waals surface area contributed by atoms with Crippen LogP contribution in [0.4, 0.5) is 0 Å². The van der Waals surface area contributed by atoms with Crippen LogP contribution in [0.5, 0.6) is 11.5 Å². The predicted molar refractivity (Wildman–Crippen MR) is 202 cm³/mol. The summed E-state index contributed by atoms with van der Waals surface area (Å²) >= 11 is 0. The number of aromatic hydroxyl groups is 1. The second-order valence-electron chi connectivity index (χ2n) is 17.1. The Labute approximate surface area is 299 Å². The van der Waals surface area contributed by atoms with Crippen molar-refractivity contribution >= 4 is 11.9 Å². The third-order valence-corrected chi connectivity index (χ3v) is 8.69. The summed E-state index contributed by atoms with van der Waals surface area (Å²) in [7, 11) is 0. The molecule has 0 bridgehead atoms. The van der Waals surface area contributed by atoms with Gasteiger partial charge in [0, 0.05) is 11.1 Å². The monoisotopic (exact) mass is 680 g/mol. The highest BCUT2D eigenvalue weighted by molar-refractivity contribution is 5.90. The van der Waals surface area contributed by atoms with E-state index in [2.05, 4.69) is 101 Å². The number of rotatable bonds is 3. The van der Waals surface area contributed by atoms with Crippen molar-refractivity contribution in [3.8, 4) is 11.5 Å². The van der Waals surface area contributed by atoms with E-state index in [9.17, 15) is 14.7 Å². The van der Waals surface area contributed by atoms with Crippen molar-refractivity contribution in [3.05, 3.63) is 130 Å². The SMILES string of the molecule is CC(C)(C)c1cc2c(c(C(C)(C)C)c1)OC(=O)C2c1ccccc1.CC(C)(C)c1ccc(O)c(C(C)(C)C)c1.O=C(O)C(O)c1ccccc1. The Morgan fingerprint density at radius 2 is 1.12 bits per heavy atom. The van der Waals surface area contributed by atoms with E-state index < -0.39 is 12.1 Å². The number of aliphatic hydroxyl groups excluding tert-OH is 1. The van der Waals surface area contributed by atoms with Crippen molar-refractivity contribution in [2.75, 3.05) is 0 Å². The van der Waals surface area contributed by atoms with Crippen LogP contribution in [-0.2, 0) is 31.2 Å². The highest BCUT2D eigenvalue weighted by Crippen LogP contribution is 2.47. The summed E-state index contributed by atoms with van der Waals surface area (Å²) in [5.41, 5.74) is 7.09. The quantitative estimate of drug-likeness (QED) is 0.147. The van der Waals surface area contributed by atoms with Gasteiger partial charge < -0.3 is 20.1 Å². The Balaban J connectivity index is 0.000000222. The minimum atomic E-state index is -1.41. The summed E-state index contributed by atoms with van der Waals surface area (Å²) in [6.07, 6.45) is -1.41. The summed E-state index contributed by atoms with van der Waals surface area (Å²) in [6, 6.07) is 28.5. The number of fused-ring (bicyclic) bond motifs is 1. The van der Waals surface area contributed by atoms with Crippen LogP contribution in [0.15, 0.2) is 91.0 Å². The molecule has 0 aromatic heterocycles. The molecule has 0 radical (unpaired) electrons. The van der Waals surface area contributed by atoms with Crippen molar-refractivity contribution in [2.45, 2.75) is 117 Å². The second-order valence-corrected chi connectivity index (χ2v) is 17.1. The lowest BCUT2D eigenvalue weighted by Crippen LogP contribution is -2.17. The number of aliphatic hydroxyl groups is 1. The smallest absolute Gasteiger partial charge is 0.337 e. The largest absolute Gasteiger partial charge is 0.508 e. The zero-order valence-corrected chi connectivity index (χ0v) is 31.9. The average molecular weight is 681 g/mol. The number of carboxylic acid groups (broad SMARTS) is 1. The summed E-state index contributed by atoms with van der Waals surface area (Å²) in [5.74, 6) is -0.571. The molecule has 1 aliphatic heterocycles. The number of phenolic OH excluding ortho intramolecular Hbond substituents is 1.